The number of carbonyl (C=O) groups excluding carboxylic acids is 1. The van der Waals surface area contributed by atoms with Crippen molar-refractivity contribution in [2.45, 2.75) is 39.2 Å². The molecule has 0 aliphatic heterocycles. The van der Waals surface area contributed by atoms with Gasteiger partial charge in [0.15, 0.2) is 5.78 Å². The molecule has 0 saturated heterocycles. The van der Waals surface area contributed by atoms with Crippen molar-refractivity contribution in [2.24, 2.45) is 11.8 Å². The molecule has 1 aromatic rings. The van der Waals surface area contributed by atoms with Crippen LogP contribution in [-0.4, -0.2) is 12.4 Å². The third-order valence-corrected chi connectivity index (χ3v) is 3.68. The van der Waals surface area contributed by atoms with E-state index in [2.05, 4.69) is 6.92 Å². The van der Waals surface area contributed by atoms with Gasteiger partial charge in [-0.05, 0) is 36.7 Å². The van der Waals surface area contributed by atoms with Crippen LogP contribution in [0.15, 0.2) is 30.3 Å². The van der Waals surface area contributed by atoms with Crippen molar-refractivity contribution in [3.63, 3.8) is 0 Å². The molecular formula is C16H22O2. The van der Waals surface area contributed by atoms with Crippen LogP contribution in [-0.2, 0) is 16.1 Å². The van der Waals surface area contributed by atoms with E-state index in [-0.39, 0.29) is 12.4 Å². The van der Waals surface area contributed by atoms with Crippen LogP contribution in [0.3, 0.4) is 0 Å². The van der Waals surface area contributed by atoms with Crippen LogP contribution in [0.4, 0.5) is 0 Å². The Kier molecular flexibility index (Phi) is 4.94. The predicted molar refractivity (Wildman–Crippen MR) is 72.2 cm³/mol. The third kappa shape index (κ3) is 4.61. The monoisotopic (exact) mass is 246 g/mol. The first kappa shape index (κ1) is 13.3. The molecule has 2 rings (SSSR count). The van der Waals surface area contributed by atoms with Crippen molar-refractivity contribution in [2.75, 3.05) is 6.61 Å². The summed E-state index contributed by atoms with van der Waals surface area (Å²) in [4.78, 5) is 11.6. The molecule has 2 atom stereocenters. The third-order valence-electron chi connectivity index (χ3n) is 3.68. The first-order valence-electron chi connectivity index (χ1n) is 6.89. The summed E-state index contributed by atoms with van der Waals surface area (Å²) in [5.41, 5.74) is 1.12. The zero-order valence-electron chi connectivity index (χ0n) is 11.1. The van der Waals surface area contributed by atoms with Crippen molar-refractivity contribution < 1.29 is 9.53 Å². The van der Waals surface area contributed by atoms with E-state index in [1.807, 2.05) is 30.3 Å². The molecule has 18 heavy (non-hydrogen) atoms. The fraction of sp³-hybridized carbons (Fsp3) is 0.562. The Morgan fingerprint density at radius 2 is 2.06 bits per heavy atom. The highest BCUT2D eigenvalue weighted by Crippen LogP contribution is 2.41. The standard InChI is InChI=1S/C16H22O2/c1-13-10-15(13)8-5-9-16(17)12-18-11-14-6-3-2-4-7-14/h2-4,6-7,13,15H,5,8-12H2,1H3/t13-,15+/m1/s1. The molecule has 0 unspecified atom stereocenters. The van der Waals surface area contributed by atoms with Crippen molar-refractivity contribution in [3.8, 4) is 0 Å². The lowest BCUT2D eigenvalue weighted by Crippen LogP contribution is -2.08. The van der Waals surface area contributed by atoms with Gasteiger partial charge in [-0.15, -0.1) is 0 Å². The second-order valence-corrected chi connectivity index (χ2v) is 5.38. The highest BCUT2D eigenvalue weighted by atomic mass is 16.5. The summed E-state index contributed by atoms with van der Waals surface area (Å²) in [5, 5.41) is 0. The van der Waals surface area contributed by atoms with Crippen molar-refractivity contribution >= 4 is 5.78 Å². The van der Waals surface area contributed by atoms with Gasteiger partial charge < -0.3 is 4.74 Å². The van der Waals surface area contributed by atoms with Gasteiger partial charge >= 0.3 is 0 Å². The number of rotatable bonds is 8. The van der Waals surface area contributed by atoms with Crippen LogP contribution in [0.1, 0.15) is 38.2 Å². The van der Waals surface area contributed by atoms with Crippen molar-refractivity contribution in [1.29, 1.82) is 0 Å². The molecule has 0 N–H and O–H groups in total. The topological polar surface area (TPSA) is 26.3 Å². The molecule has 0 heterocycles. The summed E-state index contributed by atoms with van der Waals surface area (Å²) in [5.74, 6) is 2.02. The fourth-order valence-electron chi connectivity index (χ4n) is 2.29. The maximum absolute atomic E-state index is 11.6. The van der Waals surface area contributed by atoms with Gasteiger partial charge in [0.05, 0.1) is 6.61 Å². The molecule has 2 nitrogen and oxygen atoms in total. The van der Waals surface area contributed by atoms with Gasteiger partial charge in [-0.2, -0.15) is 0 Å². The van der Waals surface area contributed by atoms with E-state index in [1.54, 1.807) is 0 Å². The molecule has 1 fully saturated rings. The Labute approximate surface area is 109 Å². The minimum absolute atomic E-state index is 0.235. The molecule has 0 aromatic heterocycles. The van der Waals surface area contributed by atoms with Crippen LogP contribution >= 0.6 is 0 Å². The van der Waals surface area contributed by atoms with Crippen molar-refractivity contribution in [1.82, 2.24) is 0 Å². The van der Waals surface area contributed by atoms with Gasteiger partial charge in [0, 0.05) is 6.42 Å². The van der Waals surface area contributed by atoms with E-state index >= 15 is 0 Å². The summed E-state index contributed by atoms with van der Waals surface area (Å²) in [6.45, 7) is 3.08. The highest BCUT2D eigenvalue weighted by Gasteiger charge is 2.31. The van der Waals surface area contributed by atoms with E-state index in [4.69, 9.17) is 4.74 Å². The lowest BCUT2D eigenvalue weighted by atomic mass is 10.1. The molecule has 1 aliphatic carbocycles. The maximum atomic E-state index is 11.6. The molecule has 1 aromatic carbocycles. The minimum Gasteiger partial charge on any atom is -0.369 e. The van der Waals surface area contributed by atoms with Crippen LogP contribution in [0.2, 0.25) is 0 Å². The first-order chi connectivity index (χ1) is 8.75. The van der Waals surface area contributed by atoms with E-state index in [9.17, 15) is 4.79 Å². The van der Waals surface area contributed by atoms with Gasteiger partial charge in [-0.3, -0.25) is 4.79 Å². The number of hydrogen-bond donors (Lipinski definition) is 0. The Bertz CT molecular complexity index is 372. The summed E-state index contributed by atoms with van der Waals surface area (Å²) in [6, 6.07) is 9.97. The average molecular weight is 246 g/mol. The zero-order chi connectivity index (χ0) is 12.8. The maximum Gasteiger partial charge on any atom is 0.158 e. The summed E-state index contributed by atoms with van der Waals surface area (Å²) in [7, 11) is 0. The normalized spacial score (nSPS) is 21.8. The van der Waals surface area contributed by atoms with Gasteiger partial charge in [0.1, 0.15) is 6.61 Å². The molecule has 2 heteroatoms. The van der Waals surface area contributed by atoms with E-state index in [0.717, 1.165) is 23.8 Å². The summed E-state index contributed by atoms with van der Waals surface area (Å²) >= 11 is 0. The first-order valence-corrected chi connectivity index (χ1v) is 6.89. The highest BCUT2D eigenvalue weighted by molar-refractivity contribution is 5.79. The predicted octanol–water partition coefficient (Wildman–Crippen LogP) is 3.60. The second kappa shape index (κ2) is 6.69. The van der Waals surface area contributed by atoms with Gasteiger partial charge in [-0.1, -0.05) is 37.3 Å². The number of ketones is 1. The summed E-state index contributed by atoms with van der Waals surface area (Å²) in [6.07, 6.45) is 4.28. The largest absolute Gasteiger partial charge is 0.369 e. The van der Waals surface area contributed by atoms with Gasteiger partial charge in [0.25, 0.3) is 0 Å². The Morgan fingerprint density at radius 1 is 1.33 bits per heavy atom. The quantitative estimate of drug-likeness (QED) is 0.700. The minimum atomic E-state index is 0.235. The molecule has 98 valence electrons. The molecule has 1 aliphatic rings. The number of benzene rings is 1. The number of carbonyl (C=O) groups is 1. The fourth-order valence-corrected chi connectivity index (χ4v) is 2.29. The molecule has 0 radical (unpaired) electrons. The van der Waals surface area contributed by atoms with E-state index < -0.39 is 0 Å². The van der Waals surface area contributed by atoms with E-state index in [1.165, 1.54) is 12.8 Å². The second-order valence-electron chi connectivity index (χ2n) is 5.38. The SMILES string of the molecule is C[C@@H]1C[C@@H]1CCCC(=O)COCc1ccccc1. The Balaban J connectivity index is 1.52. The lowest BCUT2D eigenvalue weighted by Gasteiger charge is -2.04. The summed E-state index contributed by atoms with van der Waals surface area (Å²) < 4.78 is 5.43. The van der Waals surface area contributed by atoms with Crippen LogP contribution in [0.5, 0.6) is 0 Å². The average Bonchev–Trinajstić information content (AvgIpc) is 3.07. The molecule has 1 saturated carbocycles. The molecule has 0 amide bonds. The van der Waals surface area contributed by atoms with Crippen LogP contribution in [0, 0.1) is 11.8 Å². The number of Topliss-reactive ketones (excluding diaryl/α,β-unsaturated/α-hetero) is 1. The van der Waals surface area contributed by atoms with Crippen molar-refractivity contribution in [3.05, 3.63) is 35.9 Å². The lowest BCUT2D eigenvalue weighted by molar-refractivity contribution is -0.124. The molecular weight excluding hydrogens is 224 g/mol. The Hall–Kier alpha value is -1.15. The molecule has 0 bridgehead atoms. The smallest absolute Gasteiger partial charge is 0.158 e. The number of ether oxygens (including phenoxy) is 1. The van der Waals surface area contributed by atoms with Gasteiger partial charge in [0.2, 0.25) is 0 Å². The Morgan fingerprint density at radius 3 is 2.72 bits per heavy atom. The van der Waals surface area contributed by atoms with Gasteiger partial charge in [-0.25, -0.2) is 0 Å². The zero-order valence-corrected chi connectivity index (χ0v) is 11.1. The molecule has 0 spiro atoms. The number of hydrogen-bond acceptors (Lipinski definition) is 2. The van der Waals surface area contributed by atoms with Crippen LogP contribution < -0.4 is 0 Å². The van der Waals surface area contributed by atoms with Crippen LogP contribution in [0.25, 0.3) is 0 Å². The van der Waals surface area contributed by atoms with E-state index in [0.29, 0.717) is 13.0 Å².